The monoisotopic (exact) mass is 423 g/mol. The first-order valence-electron chi connectivity index (χ1n) is 9.90. The maximum Gasteiger partial charge on any atom is 0.274 e. The summed E-state index contributed by atoms with van der Waals surface area (Å²) in [4.78, 5) is 24.1. The molecule has 4 rings (SSSR count). The van der Waals surface area contributed by atoms with Gasteiger partial charge in [0.15, 0.2) is 5.16 Å². The number of carbonyl (C=O) groups excluding carboxylic acids is 1. The van der Waals surface area contributed by atoms with Gasteiger partial charge in [0.1, 0.15) is 11.5 Å². The minimum atomic E-state index is -0.227. The van der Waals surface area contributed by atoms with Crippen molar-refractivity contribution in [3.63, 3.8) is 0 Å². The Labute approximate surface area is 180 Å². The maximum atomic E-state index is 13.0. The van der Waals surface area contributed by atoms with Crippen molar-refractivity contribution in [2.24, 2.45) is 0 Å². The third-order valence-corrected chi connectivity index (χ3v) is 5.56. The van der Waals surface area contributed by atoms with Gasteiger partial charge in [0.2, 0.25) is 0 Å². The first kappa shape index (κ1) is 20.4. The second-order valence-electron chi connectivity index (χ2n) is 7.32. The summed E-state index contributed by atoms with van der Waals surface area (Å²) < 4.78 is 7.65. The molecular formula is C22H25N5O2S. The van der Waals surface area contributed by atoms with Crippen LogP contribution in [0.25, 0.3) is 5.69 Å². The first-order chi connectivity index (χ1) is 14.5. The molecule has 2 atom stereocenters. The van der Waals surface area contributed by atoms with E-state index < -0.39 is 0 Å². The van der Waals surface area contributed by atoms with E-state index in [9.17, 15) is 4.79 Å². The van der Waals surface area contributed by atoms with Gasteiger partial charge in [-0.15, -0.1) is 0 Å². The van der Waals surface area contributed by atoms with Crippen molar-refractivity contribution in [3.05, 3.63) is 60.6 Å². The molecule has 0 spiro atoms. The Hall–Kier alpha value is -2.84. The third kappa shape index (κ3) is 4.34. The van der Waals surface area contributed by atoms with Gasteiger partial charge in [0.25, 0.3) is 5.91 Å². The van der Waals surface area contributed by atoms with Gasteiger partial charge in [-0.25, -0.2) is 9.97 Å². The summed E-state index contributed by atoms with van der Waals surface area (Å²) >= 11 is 1.50. The van der Waals surface area contributed by atoms with Gasteiger partial charge < -0.3 is 15.0 Å². The van der Waals surface area contributed by atoms with Crippen LogP contribution in [-0.4, -0.2) is 52.0 Å². The van der Waals surface area contributed by atoms with E-state index >= 15 is 0 Å². The van der Waals surface area contributed by atoms with E-state index in [4.69, 9.17) is 4.74 Å². The molecule has 0 aliphatic carbocycles. The number of thioether (sulfide) groups is 1. The van der Waals surface area contributed by atoms with Gasteiger partial charge in [-0.05, 0) is 44.4 Å². The van der Waals surface area contributed by atoms with E-state index in [1.165, 1.54) is 11.8 Å². The van der Waals surface area contributed by atoms with Gasteiger partial charge in [-0.2, -0.15) is 0 Å². The van der Waals surface area contributed by atoms with Crippen LogP contribution in [0.4, 0.5) is 11.5 Å². The number of amides is 1. The molecule has 0 unspecified atom stereocenters. The lowest BCUT2D eigenvalue weighted by molar-refractivity contribution is -0.00545. The zero-order valence-corrected chi connectivity index (χ0v) is 18.1. The highest BCUT2D eigenvalue weighted by molar-refractivity contribution is 7.98. The second-order valence-corrected chi connectivity index (χ2v) is 8.10. The van der Waals surface area contributed by atoms with Crippen LogP contribution < -0.4 is 10.2 Å². The van der Waals surface area contributed by atoms with Crippen molar-refractivity contribution < 1.29 is 9.53 Å². The molecule has 0 radical (unpaired) electrons. The number of hydrogen-bond donors (Lipinski definition) is 1. The lowest BCUT2D eigenvalue weighted by atomic mass is 10.2. The summed E-state index contributed by atoms with van der Waals surface area (Å²) in [5.41, 5.74) is 2.02. The molecule has 1 amide bonds. The lowest BCUT2D eigenvalue weighted by Crippen LogP contribution is -2.45. The predicted molar refractivity (Wildman–Crippen MR) is 120 cm³/mol. The number of anilines is 2. The summed E-state index contributed by atoms with van der Waals surface area (Å²) in [6, 6.07) is 13.6. The van der Waals surface area contributed by atoms with E-state index in [0.717, 1.165) is 29.8 Å². The van der Waals surface area contributed by atoms with Crippen LogP contribution in [0.1, 0.15) is 24.3 Å². The number of nitrogens with one attached hydrogen (secondary N) is 1. The average Bonchev–Trinajstić information content (AvgIpc) is 3.18. The van der Waals surface area contributed by atoms with Crippen LogP contribution in [0.3, 0.4) is 0 Å². The lowest BCUT2D eigenvalue weighted by Gasteiger charge is -2.36. The smallest absolute Gasteiger partial charge is 0.274 e. The van der Waals surface area contributed by atoms with Crippen LogP contribution >= 0.6 is 11.8 Å². The van der Waals surface area contributed by atoms with Crippen LogP contribution in [0.5, 0.6) is 0 Å². The summed E-state index contributed by atoms with van der Waals surface area (Å²) in [5.74, 6) is 0.656. The van der Waals surface area contributed by atoms with Gasteiger partial charge in [-0.3, -0.25) is 9.36 Å². The number of carbonyl (C=O) groups is 1. The molecule has 1 aliphatic heterocycles. The molecular weight excluding hydrogens is 398 g/mol. The van der Waals surface area contributed by atoms with Crippen LogP contribution in [0.15, 0.2) is 60.0 Å². The molecule has 7 nitrogen and oxygen atoms in total. The summed E-state index contributed by atoms with van der Waals surface area (Å²) in [5, 5.41) is 3.70. The topological polar surface area (TPSA) is 72.3 Å². The fourth-order valence-electron chi connectivity index (χ4n) is 3.67. The second kappa shape index (κ2) is 8.89. The van der Waals surface area contributed by atoms with Gasteiger partial charge in [-0.1, -0.05) is 30.0 Å². The number of hydrogen-bond acceptors (Lipinski definition) is 6. The van der Waals surface area contributed by atoms with E-state index in [2.05, 4.69) is 34.0 Å². The Bertz CT molecular complexity index is 996. The number of rotatable bonds is 5. The van der Waals surface area contributed by atoms with Crippen LogP contribution in [0.2, 0.25) is 0 Å². The van der Waals surface area contributed by atoms with Crippen molar-refractivity contribution in [2.75, 3.05) is 29.6 Å². The molecule has 1 saturated heterocycles. The van der Waals surface area contributed by atoms with Gasteiger partial charge >= 0.3 is 0 Å². The van der Waals surface area contributed by atoms with E-state index in [1.54, 1.807) is 12.4 Å². The molecule has 3 heterocycles. The molecule has 30 heavy (non-hydrogen) atoms. The summed E-state index contributed by atoms with van der Waals surface area (Å²) in [7, 11) is 0. The Morgan fingerprint density at radius 2 is 1.80 bits per heavy atom. The Balaban J connectivity index is 1.52. The van der Waals surface area contributed by atoms with E-state index in [0.29, 0.717) is 11.4 Å². The van der Waals surface area contributed by atoms with Crippen molar-refractivity contribution in [1.29, 1.82) is 0 Å². The number of ether oxygens (including phenoxy) is 1. The zero-order chi connectivity index (χ0) is 21.1. The maximum absolute atomic E-state index is 13.0. The number of aromatic nitrogens is 3. The third-order valence-electron chi connectivity index (χ3n) is 4.91. The Kier molecular flexibility index (Phi) is 6.06. The zero-order valence-electron chi connectivity index (χ0n) is 17.3. The molecule has 1 aromatic carbocycles. The number of para-hydroxylation sites is 1. The molecule has 1 aliphatic rings. The van der Waals surface area contributed by atoms with Gasteiger partial charge in [0, 0.05) is 18.8 Å². The number of pyridine rings is 1. The molecule has 1 fully saturated rings. The minimum absolute atomic E-state index is 0.166. The van der Waals surface area contributed by atoms with Crippen LogP contribution in [-0.2, 0) is 4.74 Å². The van der Waals surface area contributed by atoms with Gasteiger partial charge in [0.05, 0.1) is 30.3 Å². The summed E-state index contributed by atoms with van der Waals surface area (Å²) in [6.45, 7) is 5.74. The fourth-order valence-corrected chi connectivity index (χ4v) is 4.22. The molecule has 0 bridgehead atoms. The highest BCUT2D eigenvalue weighted by Crippen LogP contribution is 2.23. The number of benzene rings is 1. The van der Waals surface area contributed by atoms with E-state index in [-0.39, 0.29) is 18.1 Å². The van der Waals surface area contributed by atoms with E-state index in [1.807, 2.05) is 53.3 Å². The molecule has 8 heteroatoms. The van der Waals surface area contributed by atoms with Crippen molar-refractivity contribution in [1.82, 2.24) is 14.5 Å². The largest absolute Gasteiger partial charge is 0.372 e. The summed E-state index contributed by atoms with van der Waals surface area (Å²) in [6.07, 6.45) is 5.57. The Morgan fingerprint density at radius 3 is 2.43 bits per heavy atom. The van der Waals surface area contributed by atoms with Crippen LogP contribution in [0, 0.1) is 0 Å². The molecule has 2 aromatic heterocycles. The van der Waals surface area contributed by atoms with Crippen molar-refractivity contribution in [2.45, 2.75) is 31.2 Å². The number of imidazole rings is 1. The number of nitrogens with zero attached hydrogens (tertiary/aromatic N) is 4. The fraction of sp³-hybridized carbons (Fsp3) is 0.318. The Morgan fingerprint density at radius 1 is 1.07 bits per heavy atom. The quantitative estimate of drug-likeness (QED) is 0.629. The normalized spacial score (nSPS) is 19.0. The highest BCUT2D eigenvalue weighted by Gasteiger charge is 2.23. The van der Waals surface area contributed by atoms with Crippen molar-refractivity contribution >= 4 is 29.2 Å². The predicted octanol–water partition coefficient (Wildman–Crippen LogP) is 3.86. The number of morpholine rings is 1. The molecule has 3 aromatic rings. The highest BCUT2D eigenvalue weighted by atomic mass is 32.2. The molecule has 0 saturated carbocycles. The SMILES string of the molecule is CSc1ncc(C(=O)Nc2ccc(N3C[C@H](C)O[C@@H](C)C3)nc2)n1-c1ccccc1. The molecule has 1 N–H and O–H groups in total. The van der Waals surface area contributed by atoms with Crippen molar-refractivity contribution in [3.8, 4) is 5.69 Å². The molecule has 156 valence electrons. The first-order valence-corrected chi connectivity index (χ1v) is 11.1. The standard InChI is InChI=1S/C22H25N5O2S/c1-15-13-26(14-16(2)29-15)20-10-9-17(11-23-20)25-21(28)19-12-24-22(30-3)27(19)18-7-5-4-6-8-18/h4-12,15-16H,13-14H2,1-3H3,(H,25,28)/t15-,16-/m0/s1. The average molecular weight is 424 g/mol. The minimum Gasteiger partial charge on any atom is -0.372 e.